The highest BCUT2D eigenvalue weighted by molar-refractivity contribution is 7.32. The smallest absolute Gasteiger partial charge is 0.370 e. The Hall–Kier alpha value is -0.100. The van der Waals surface area contributed by atoms with E-state index in [9.17, 15) is 4.57 Å². The van der Waals surface area contributed by atoms with Gasteiger partial charge in [-0.05, 0) is 13.8 Å². The van der Waals surface area contributed by atoms with Crippen LogP contribution in [-0.2, 0) is 23.3 Å². The van der Waals surface area contributed by atoms with Crippen LogP contribution in [0.25, 0.3) is 0 Å². The van der Waals surface area contributed by atoms with Crippen molar-refractivity contribution in [1.82, 2.24) is 0 Å². The Labute approximate surface area is 88.4 Å². The summed E-state index contributed by atoms with van der Waals surface area (Å²) in [6.45, 7) is 4.14. The summed E-state index contributed by atoms with van der Waals surface area (Å²) in [5.41, 5.74) is 0. The first kappa shape index (κ1) is 11.4. The summed E-state index contributed by atoms with van der Waals surface area (Å²) in [5, 5.41) is 0. The minimum Gasteiger partial charge on any atom is -0.370 e. The maximum atomic E-state index is 10.4. The predicted octanol–water partition coefficient (Wildman–Crippen LogP) is 0.572. The average Bonchev–Trinajstić information content (AvgIpc) is 2.56. The molecule has 0 aliphatic carbocycles. The molecule has 15 heavy (non-hydrogen) atoms. The Morgan fingerprint density at radius 3 is 2.93 bits per heavy atom. The zero-order chi connectivity index (χ0) is 11.1. The zero-order valence-electron chi connectivity index (χ0n) is 8.58. The van der Waals surface area contributed by atoms with E-state index in [1.807, 2.05) is 13.8 Å². The van der Waals surface area contributed by atoms with E-state index >= 15 is 0 Å². The van der Waals surface area contributed by atoms with Crippen molar-refractivity contribution in [1.29, 1.82) is 0 Å². The molecule has 86 valence electrons. The molecule has 0 bridgehead atoms. The second-order valence-electron chi connectivity index (χ2n) is 4.04. The number of hydrogen-bond donors (Lipinski definition) is 1. The fourth-order valence-corrected chi connectivity index (χ4v) is 2.18. The highest BCUT2D eigenvalue weighted by atomic mass is 31.1. The van der Waals surface area contributed by atoms with Gasteiger partial charge in [0.1, 0.15) is 24.9 Å². The summed E-state index contributed by atoms with van der Waals surface area (Å²) in [4.78, 5) is 8.52. The highest BCUT2D eigenvalue weighted by Crippen LogP contribution is 2.35. The van der Waals surface area contributed by atoms with Gasteiger partial charge in [0, 0.05) is 4.57 Å². The molecule has 3 unspecified atom stereocenters. The SMILES string of the molecule is CC1(C)OC2CO[C@H](CO[P+](=O)O)C2O1. The molecule has 0 aromatic carbocycles. The molecule has 0 aromatic heterocycles. The second kappa shape index (κ2) is 4.05. The van der Waals surface area contributed by atoms with Gasteiger partial charge in [-0.2, -0.15) is 0 Å². The van der Waals surface area contributed by atoms with E-state index < -0.39 is 14.0 Å². The molecular weight excluding hydrogens is 223 g/mol. The molecule has 1 N–H and O–H groups in total. The Balaban J connectivity index is 1.91. The van der Waals surface area contributed by atoms with Crippen molar-refractivity contribution in [3.63, 3.8) is 0 Å². The predicted molar refractivity (Wildman–Crippen MR) is 49.3 cm³/mol. The molecular formula is C8H14O6P+. The molecule has 6 nitrogen and oxygen atoms in total. The van der Waals surface area contributed by atoms with Crippen LogP contribution >= 0.6 is 8.25 Å². The number of rotatable bonds is 3. The van der Waals surface area contributed by atoms with Gasteiger partial charge in [-0.3, -0.25) is 0 Å². The van der Waals surface area contributed by atoms with Crippen LogP contribution in [-0.4, -0.2) is 42.2 Å². The number of fused-ring (bicyclic) bond motifs is 1. The van der Waals surface area contributed by atoms with Crippen molar-refractivity contribution >= 4 is 8.25 Å². The van der Waals surface area contributed by atoms with Gasteiger partial charge in [0.2, 0.25) is 0 Å². The van der Waals surface area contributed by atoms with Crippen LogP contribution in [0.5, 0.6) is 0 Å². The van der Waals surface area contributed by atoms with Gasteiger partial charge in [-0.15, -0.1) is 9.42 Å². The Morgan fingerprint density at radius 2 is 2.27 bits per heavy atom. The Morgan fingerprint density at radius 1 is 1.53 bits per heavy atom. The summed E-state index contributed by atoms with van der Waals surface area (Å²) >= 11 is 0. The summed E-state index contributed by atoms with van der Waals surface area (Å²) in [6.07, 6.45) is -0.650. The zero-order valence-corrected chi connectivity index (χ0v) is 9.48. The molecule has 0 amide bonds. The fourth-order valence-electron chi connectivity index (χ4n) is 1.90. The summed E-state index contributed by atoms with van der Waals surface area (Å²) in [5.74, 6) is -0.612. The summed E-state index contributed by atoms with van der Waals surface area (Å²) in [7, 11) is -2.58. The van der Waals surface area contributed by atoms with Crippen LogP contribution in [0.1, 0.15) is 13.8 Å². The van der Waals surface area contributed by atoms with Gasteiger partial charge in [-0.1, -0.05) is 0 Å². The maximum Gasteiger partial charge on any atom is 0.694 e. The van der Waals surface area contributed by atoms with Crippen LogP contribution < -0.4 is 0 Å². The first-order chi connectivity index (χ1) is 6.98. The van der Waals surface area contributed by atoms with Crippen LogP contribution in [0.3, 0.4) is 0 Å². The Kier molecular flexibility index (Phi) is 3.07. The van der Waals surface area contributed by atoms with Crippen molar-refractivity contribution < 1.29 is 28.2 Å². The molecule has 0 radical (unpaired) electrons. The average molecular weight is 237 g/mol. The fraction of sp³-hybridized carbons (Fsp3) is 1.00. The molecule has 4 atom stereocenters. The molecule has 2 aliphatic rings. The molecule has 7 heteroatoms. The normalized spacial score (nSPS) is 39.1. The van der Waals surface area contributed by atoms with Gasteiger partial charge in [0.05, 0.1) is 6.61 Å². The minimum atomic E-state index is -2.58. The Bertz CT molecular complexity index is 268. The topological polar surface area (TPSA) is 74.2 Å². The lowest BCUT2D eigenvalue weighted by Crippen LogP contribution is -2.32. The molecule has 0 spiro atoms. The minimum absolute atomic E-state index is 0.0479. The van der Waals surface area contributed by atoms with Crippen LogP contribution in [0.4, 0.5) is 0 Å². The van der Waals surface area contributed by atoms with Gasteiger partial charge in [-0.25, -0.2) is 0 Å². The van der Waals surface area contributed by atoms with Gasteiger partial charge < -0.3 is 14.2 Å². The largest absolute Gasteiger partial charge is 0.694 e. The van der Waals surface area contributed by atoms with Crippen LogP contribution in [0, 0.1) is 0 Å². The quantitative estimate of drug-likeness (QED) is 0.723. The second-order valence-corrected chi connectivity index (χ2v) is 4.78. The third-order valence-corrected chi connectivity index (χ3v) is 2.78. The third kappa shape index (κ3) is 2.53. The molecule has 0 aromatic rings. The van der Waals surface area contributed by atoms with Gasteiger partial charge in [0.25, 0.3) is 0 Å². The molecule has 2 heterocycles. The van der Waals surface area contributed by atoms with Crippen molar-refractivity contribution in [2.75, 3.05) is 13.2 Å². The summed E-state index contributed by atoms with van der Waals surface area (Å²) < 4.78 is 31.5. The van der Waals surface area contributed by atoms with E-state index in [1.54, 1.807) is 0 Å². The standard InChI is InChI=1S/C8H13O6P/c1-8(2)13-6-3-11-5(7(6)14-8)4-12-15(9)10/h5-7H,3-4H2,1-2H3/p+1/t5-,6?,7?/m1/s1. The molecule has 2 saturated heterocycles. The first-order valence-corrected chi connectivity index (χ1v) is 5.87. The van der Waals surface area contributed by atoms with Crippen LogP contribution in [0.2, 0.25) is 0 Å². The molecule has 2 rings (SSSR count). The van der Waals surface area contributed by atoms with Crippen molar-refractivity contribution in [2.45, 2.75) is 37.9 Å². The lowest BCUT2D eigenvalue weighted by molar-refractivity contribution is -0.177. The van der Waals surface area contributed by atoms with Crippen molar-refractivity contribution in [2.24, 2.45) is 0 Å². The third-order valence-electron chi connectivity index (χ3n) is 2.41. The van der Waals surface area contributed by atoms with Crippen LogP contribution in [0.15, 0.2) is 0 Å². The lowest BCUT2D eigenvalue weighted by atomic mass is 10.2. The van der Waals surface area contributed by atoms with Gasteiger partial charge in [0.15, 0.2) is 5.79 Å². The molecule has 2 aliphatic heterocycles. The number of ether oxygens (including phenoxy) is 3. The van der Waals surface area contributed by atoms with Gasteiger partial charge >= 0.3 is 8.25 Å². The lowest BCUT2D eigenvalue weighted by Gasteiger charge is -2.20. The summed E-state index contributed by atoms with van der Waals surface area (Å²) in [6, 6.07) is 0. The monoisotopic (exact) mass is 237 g/mol. The van der Waals surface area contributed by atoms with E-state index in [4.69, 9.17) is 19.1 Å². The van der Waals surface area contributed by atoms with Crippen molar-refractivity contribution in [3.05, 3.63) is 0 Å². The van der Waals surface area contributed by atoms with E-state index in [1.165, 1.54) is 0 Å². The number of hydrogen-bond acceptors (Lipinski definition) is 5. The van der Waals surface area contributed by atoms with E-state index in [-0.39, 0.29) is 24.9 Å². The molecule has 2 fully saturated rings. The molecule has 0 saturated carbocycles. The van der Waals surface area contributed by atoms with E-state index in [0.717, 1.165) is 0 Å². The van der Waals surface area contributed by atoms with Crippen molar-refractivity contribution in [3.8, 4) is 0 Å². The maximum absolute atomic E-state index is 10.4. The van der Waals surface area contributed by atoms with E-state index in [2.05, 4.69) is 4.52 Å². The first-order valence-electron chi connectivity index (χ1n) is 4.74. The highest BCUT2D eigenvalue weighted by Gasteiger charge is 2.50. The van der Waals surface area contributed by atoms with E-state index in [0.29, 0.717) is 6.61 Å².